The summed E-state index contributed by atoms with van der Waals surface area (Å²) in [6.45, 7) is 1.71. The summed E-state index contributed by atoms with van der Waals surface area (Å²) in [5.74, 6) is 0.323. The fraction of sp³-hybridized carbons (Fsp3) is 0.333. The van der Waals surface area contributed by atoms with Gasteiger partial charge in [0.05, 0.1) is 18.3 Å². The van der Waals surface area contributed by atoms with E-state index in [4.69, 9.17) is 31.4 Å². The van der Waals surface area contributed by atoms with Crippen LogP contribution < -0.4 is 17.2 Å². The summed E-state index contributed by atoms with van der Waals surface area (Å²) < 4.78 is 28.6. The van der Waals surface area contributed by atoms with E-state index in [0.29, 0.717) is 43.7 Å². The average molecular weight is 638 g/mol. The number of aliphatic imine (C=N–C) groups is 3. The van der Waals surface area contributed by atoms with E-state index in [0.717, 1.165) is 24.8 Å². The van der Waals surface area contributed by atoms with Crippen LogP contribution >= 0.6 is 0 Å². The van der Waals surface area contributed by atoms with Crippen LogP contribution in [0.2, 0.25) is 0 Å². The fourth-order valence-corrected chi connectivity index (χ4v) is 6.20. The fourth-order valence-electron chi connectivity index (χ4n) is 6.20. The van der Waals surface area contributed by atoms with Gasteiger partial charge in [-0.05, 0) is 83.2 Å². The molecule has 4 atom stereocenters. The highest BCUT2D eigenvalue weighted by Gasteiger charge is 2.29. The molecule has 0 radical (unpaired) electrons. The minimum absolute atomic E-state index is 0.0459. The number of fused-ring (bicyclic) bond motifs is 2. The molecule has 0 saturated heterocycles. The summed E-state index contributed by atoms with van der Waals surface area (Å²) in [6, 6.07) is 26.2. The highest BCUT2D eigenvalue weighted by molar-refractivity contribution is 5.83. The number of ether oxygens (including phenoxy) is 3. The van der Waals surface area contributed by atoms with Crippen molar-refractivity contribution in [2.75, 3.05) is 19.8 Å². The Morgan fingerprint density at radius 3 is 2.19 bits per heavy atom. The van der Waals surface area contributed by atoms with Gasteiger partial charge in [0.1, 0.15) is 31.7 Å². The molecule has 6 N–H and O–H groups in total. The summed E-state index contributed by atoms with van der Waals surface area (Å²) in [4.78, 5) is 16.4. The molecule has 3 aromatic carbocycles. The minimum atomic E-state index is -0.270. The van der Waals surface area contributed by atoms with Gasteiger partial charge in [-0.3, -0.25) is 4.98 Å². The number of halogens is 1. The number of hydrogen-bond acceptors (Lipinski definition) is 10. The zero-order valence-electron chi connectivity index (χ0n) is 26.2. The lowest BCUT2D eigenvalue weighted by Gasteiger charge is -2.26. The van der Waals surface area contributed by atoms with Crippen LogP contribution in [-0.2, 0) is 33.5 Å². The standard InChI is InChI=1S/C13H16N2O.C13H12N2O.C10H12FN3O/c2*14-13-15-12(8-16-13)11-6-5-9-3-1-2-4-10(9)7-11;11-9-5-13-4-3-7(9)1-2-8-6-15-10(12)14-8/h1-4,11-12H,5-8H2,(H2,14,15);1-7,12H,8H2,(H2,14,15);3-5,8H,1-2,6H2,(H2,12,14)/t;12-;8-/m.10/s1. The Morgan fingerprint density at radius 2 is 1.47 bits per heavy atom. The maximum Gasteiger partial charge on any atom is 0.282 e. The molecule has 8 rings (SSSR count). The van der Waals surface area contributed by atoms with Crippen LogP contribution in [-0.4, -0.2) is 55.0 Å². The van der Waals surface area contributed by atoms with Gasteiger partial charge in [0.15, 0.2) is 0 Å². The van der Waals surface area contributed by atoms with E-state index in [1.807, 2.05) is 12.1 Å². The summed E-state index contributed by atoms with van der Waals surface area (Å²) in [7, 11) is 0. The summed E-state index contributed by atoms with van der Waals surface area (Å²) in [6.07, 6.45) is 7.63. The Labute approximate surface area is 273 Å². The highest BCUT2D eigenvalue weighted by Crippen LogP contribution is 2.30. The van der Waals surface area contributed by atoms with Gasteiger partial charge in [-0.1, -0.05) is 60.7 Å². The third-order valence-electron chi connectivity index (χ3n) is 8.79. The molecule has 0 saturated carbocycles. The Balaban J connectivity index is 0.000000123. The molecular weight excluding hydrogens is 597 g/mol. The third kappa shape index (κ3) is 8.35. The van der Waals surface area contributed by atoms with E-state index in [1.54, 1.807) is 12.3 Å². The van der Waals surface area contributed by atoms with Crippen molar-refractivity contribution < 1.29 is 18.6 Å². The van der Waals surface area contributed by atoms with Crippen LogP contribution in [0.1, 0.15) is 41.1 Å². The van der Waals surface area contributed by atoms with Crippen molar-refractivity contribution in [1.82, 2.24) is 4.98 Å². The van der Waals surface area contributed by atoms with Crippen molar-refractivity contribution in [3.63, 3.8) is 0 Å². The summed E-state index contributed by atoms with van der Waals surface area (Å²) in [5.41, 5.74) is 21.2. The maximum absolute atomic E-state index is 13.2. The van der Waals surface area contributed by atoms with Gasteiger partial charge in [0.2, 0.25) is 0 Å². The van der Waals surface area contributed by atoms with Crippen LogP contribution in [0.4, 0.5) is 4.39 Å². The largest absolute Gasteiger partial charge is 0.463 e. The first kappa shape index (κ1) is 31.8. The molecule has 11 heteroatoms. The zero-order valence-corrected chi connectivity index (χ0v) is 26.2. The second-order valence-electron chi connectivity index (χ2n) is 12.0. The predicted octanol–water partition coefficient (Wildman–Crippen LogP) is 4.60. The molecule has 10 nitrogen and oxygen atoms in total. The monoisotopic (exact) mass is 637 g/mol. The van der Waals surface area contributed by atoms with Crippen molar-refractivity contribution in [1.29, 1.82) is 0 Å². The van der Waals surface area contributed by atoms with E-state index in [1.165, 1.54) is 34.5 Å². The Bertz CT molecular complexity index is 1780. The summed E-state index contributed by atoms with van der Waals surface area (Å²) in [5, 5.41) is 2.46. The zero-order chi connectivity index (χ0) is 32.6. The lowest BCUT2D eigenvalue weighted by Crippen LogP contribution is -2.26. The van der Waals surface area contributed by atoms with Crippen molar-refractivity contribution in [3.05, 3.63) is 113 Å². The van der Waals surface area contributed by atoms with Crippen molar-refractivity contribution in [3.8, 4) is 0 Å². The lowest BCUT2D eigenvalue weighted by molar-refractivity contribution is 0.263. The Morgan fingerprint density at radius 1 is 0.745 bits per heavy atom. The Hall–Kier alpha value is -5.19. The Kier molecular flexibility index (Phi) is 10.1. The maximum atomic E-state index is 13.2. The number of nitrogens with zero attached hydrogens (tertiary/aromatic N) is 4. The molecule has 3 aliphatic heterocycles. The van der Waals surface area contributed by atoms with Crippen LogP contribution in [0.15, 0.2) is 100 Å². The summed E-state index contributed by atoms with van der Waals surface area (Å²) >= 11 is 0. The first-order valence-electron chi connectivity index (χ1n) is 15.9. The van der Waals surface area contributed by atoms with Gasteiger partial charge in [-0.15, -0.1) is 0 Å². The van der Waals surface area contributed by atoms with E-state index >= 15 is 0 Å². The number of pyridine rings is 1. The molecule has 47 heavy (non-hydrogen) atoms. The second-order valence-corrected chi connectivity index (χ2v) is 12.0. The van der Waals surface area contributed by atoms with Crippen LogP contribution in [0.3, 0.4) is 0 Å². The third-order valence-corrected chi connectivity index (χ3v) is 8.79. The number of amidine groups is 3. The van der Waals surface area contributed by atoms with Gasteiger partial charge in [0, 0.05) is 6.20 Å². The number of aromatic nitrogens is 1. The number of rotatable bonds is 5. The molecule has 4 aromatic rings. The molecule has 2 unspecified atom stereocenters. The molecule has 0 spiro atoms. The van der Waals surface area contributed by atoms with Crippen LogP contribution in [0, 0.1) is 11.7 Å². The van der Waals surface area contributed by atoms with Crippen LogP contribution in [0.25, 0.3) is 10.8 Å². The first-order chi connectivity index (χ1) is 22.9. The topological polar surface area (TPSA) is 156 Å². The van der Waals surface area contributed by atoms with Crippen molar-refractivity contribution in [2.24, 2.45) is 38.1 Å². The number of hydrogen-bond donors (Lipinski definition) is 3. The number of nitrogens with two attached hydrogens (primary N) is 3. The molecule has 1 aromatic heterocycles. The van der Waals surface area contributed by atoms with Gasteiger partial charge < -0.3 is 31.4 Å². The predicted molar refractivity (Wildman–Crippen MR) is 181 cm³/mol. The minimum Gasteiger partial charge on any atom is -0.463 e. The molecule has 4 heterocycles. The number of benzene rings is 3. The van der Waals surface area contributed by atoms with Gasteiger partial charge in [-0.2, -0.15) is 0 Å². The second kappa shape index (κ2) is 14.9. The lowest BCUT2D eigenvalue weighted by atomic mass is 9.80. The molecule has 0 amide bonds. The molecule has 1 aliphatic carbocycles. The van der Waals surface area contributed by atoms with Gasteiger partial charge in [-0.25, -0.2) is 19.4 Å². The highest BCUT2D eigenvalue weighted by atomic mass is 19.1. The van der Waals surface area contributed by atoms with E-state index in [2.05, 4.69) is 74.6 Å². The normalized spacial score (nSPS) is 22.5. The van der Waals surface area contributed by atoms with Gasteiger partial charge >= 0.3 is 0 Å². The number of aryl methyl sites for hydroxylation is 2. The SMILES string of the molecule is NC1=NC(C2CCc3ccccc3C2)CO1.NC1=N[C@@H](CCc2ccncc2F)CO1.NC1=N[C@@H](c2ccc3ccccc3c2)CO1. The average Bonchev–Trinajstić information content (AvgIpc) is 3.85. The quantitative estimate of drug-likeness (QED) is 0.289. The van der Waals surface area contributed by atoms with Gasteiger partial charge in [0.25, 0.3) is 18.1 Å². The van der Waals surface area contributed by atoms with Crippen LogP contribution in [0.5, 0.6) is 0 Å². The van der Waals surface area contributed by atoms with Crippen molar-refractivity contribution >= 4 is 28.8 Å². The van der Waals surface area contributed by atoms with E-state index < -0.39 is 0 Å². The van der Waals surface area contributed by atoms with E-state index in [-0.39, 0.29) is 36.0 Å². The van der Waals surface area contributed by atoms with E-state index in [9.17, 15) is 4.39 Å². The molecule has 4 aliphatic rings. The molecule has 0 fully saturated rings. The molecule has 244 valence electrons. The molecular formula is C36H40FN7O3. The molecule has 0 bridgehead atoms. The van der Waals surface area contributed by atoms with Crippen molar-refractivity contribution in [2.45, 2.75) is 50.2 Å². The first-order valence-corrected chi connectivity index (χ1v) is 15.9. The smallest absolute Gasteiger partial charge is 0.282 e.